The SMILES string of the molecule is CCCCCCCCOC(=O)c1cc(S)ccc1C. The van der Waals surface area contributed by atoms with Crippen LogP contribution in [0, 0.1) is 6.92 Å². The Morgan fingerprint density at radius 1 is 1.16 bits per heavy atom. The molecule has 0 radical (unpaired) electrons. The van der Waals surface area contributed by atoms with Gasteiger partial charge in [-0.2, -0.15) is 0 Å². The predicted octanol–water partition coefficient (Wildman–Crippen LogP) is 4.80. The lowest BCUT2D eigenvalue weighted by molar-refractivity contribution is 0.0496. The van der Waals surface area contributed by atoms with Gasteiger partial charge >= 0.3 is 5.97 Å². The van der Waals surface area contributed by atoms with Gasteiger partial charge in [-0.15, -0.1) is 12.6 Å². The smallest absolute Gasteiger partial charge is 0.338 e. The minimum absolute atomic E-state index is 0.234. The number of aryl methyl sites for hydroxylation is 1. The summed E-state index contributed by atoms with van der Waals surface area (Å²) in [6, 6.07) is 5.54. The molecular weight excluding hydrogens is 256 g/mol. The van der Waals surface area contributed by atoms with Gasteiger partial charge in [0.1, 0.15) is 0 Å². The molecule has 2 nitrogen and oxygen atoms in total. The summed E-state index contributed by atoms with van der Waals surface area (Å²) in [4.78, 5) is 12.7. The fraction of sp³-hybridized carbons (Fsp3) is 0.562. The van der Waals surface area contributed by atoms with Crippen LogP contribution >= 0.6 is 12.6 Å². The van der Waals surface area contributed by atoms with Crippen molar-refractivity contribution in [3.8, 4) is 0 Å². The molecule has 0 saturated carbocycles. The summed E-state index contributed by atoms with van der Waals surface area (Å²) >= 11 is 4.25. The number of ether oxygens (including phenoxy) is 1. The molecule has 106 valence electrons. The number of carbonyl (C=O) groups excluding carboxylic acids is 1. The highest BCUT2D eigenvalue weighted by molar-refractivity contribution is 7.80. The second kappa shape index (κ2) is 9.03. The van der Waals surface area contributed by atoms with Gasteiger partial charge in [-0.05, 0) is 31.0 Å². The summed E-state index contributed by atoms with van der Waals surface area (Å²) in [7, 11) is 0. The van der Waals surface area contributed by atoms with E-state index in [1.165, 1.54) is 25.7 Å². The Bertz CT molecular complexity index is 402. The van der Waals surface area contributed by atoms with Crippen molar-refractivity contribution in [2.24, 2.45) is 0 Å². The lowest BCUT2D eigenvalue weighted by Gasteiger charge is -2.07. The van der Waals surface area contributed by atoms with Gasteiger partial charge in [0.25, 0.3) is 0 Å². The molecule has 0 bridgehead atoms. The highest BCUT2D eigenvalue weighted by Crippen LogP contribution is 2.15. The first-order chi connectivity index (χ1) is 9.15. The van der Waals surface area contributed by atoms with Crippen LogP contribution in [0.4, 0.5) is 0 Å². The van der Waals surface area contributed by atoms with E-state index in [1.807, 2.05) is 19.1 Å². The van der Waals surface area contributed by atoms with E-state index in [9.17, 15) is 4.79 Å². The van der Waals surface area contributed by atoms with Crippen LogP contribution in [0.1, 0.15) is 61.4 Å². The summed E-state index contributed by atoms with van der Waals surface area (Å²) in [6.45, 7) is 4.63. The van der Waals surface area contributed by atoms with Crippen molar-refractivity contribution < 1.29 is 9.53 Å². The van der Waals surface area contributed by atoms with E-state index < -0.39 is 0 Å². The monoisotopic (exact) mass is 280 g/mol. The van der Waals surface area contributed by atoms with Gasteiger partial charge in [0, 0.05) is 4.90 Å². The van der Waals surface area contributed by atoms with Crippen LogP contribution in [0.25, 0.3) is 0 Å². The first kappa shape index (κ1) is 16.1. The van der Waals surface area contributed by atoms with E-state index in [-0.39, 0.29) is 5.97 Å². The number of hydrogen-bond acceptors (Lipinski definition) is 3. The van der Waals surface area contributed by atoms with Gasteiger partial charge in [0.05, 0.1) is 12.2 Å². The second-order valence-electron chi connectivity index (χ2n) is 4.90. The lowest BCUT2D eigenvalue weighted by Crippen LogP contribution is -2.08. The summed E-state index contributed by atoms with van der Waals surface area (Å²) in [6.07, 6.45) is 7.16. The molecule has 0 unspecified atom stereocenters. The number of benzene rings is 1. The van der Waals surface area contributed by atoms with Crippen LogP contribution < -0.4 is 0 Å². The van der Waals surface area contributed by atoms with Crippen molar-refractivity contribution >= 4 is 18.6 Å². The zero-order chi connectivity index (χ0) is 14.1. The number of rotatable bonds is 8. The zero-order valence-electron chi connectivity index (χ0n) is 11.9. The Labute approximate surface area is 122 Å². The van der Waals surface area contributed by atoms with Crippen molar-refractivity contribution in [2.75, 3.05) is 6.61 Å². The maximum atomic E-state index is 11.9. The third-order valence-electron chi connectivity index (χ3n) is 3.17. The quantitative estimate of drug-likeness (QED) is 0.420. The van der Waals surface area contributed by atoms with E-state index in [0.29, 0.717) is 12.2 Å². The molecule has 3 heteroatoms. The Balaban J connectivity index is 2.26. The first-order valence-electron chi connectivity index (χ1n) is 7.12. The number of unbranched alkanes of at least 4 members (excludes halogenated alkanes) is 5. The summed E-state index contributed by atoms with van der Waals surface area (Å²) in [5.74, 6) is -0.234. The largest absolute Gasteiger partial charge is 0.462 e. The van der Waals surface area contributed by atoms with Crippen molar-refractivity contribution in [1.82, 2.24) is 0 Å². The van der Waals surface area contributed by atoms with Crippen molar-refractivity contribution in [1.29, 1.82) is 0 Å². The molecule has 0 aliphatic heterocycles. The van der Waals surface area contributed by atoms with Crippen LogP contribution in [-0.2, 0) is 4.74 Å². The van der Waals surface area contributed by atoms with E-state index in [0.717, 1.165) is 23.3 Å². The summed E-state index contributed by atoms with van der Waals surface area (Å²) in [5.41, 5.74) is 1.56. The molecule has 0 fully saturated rings. The maximum Gasteiger partial charge on any atom is 0.338 e. The van der Waals surface area contributed by atoms with Crippen LogP contribution in [0.2, 0.25) is 0 Å². The average Bonchev–Trinajstić information content (AvgIpc) is 2.40. The molecule has 0 spiro atoms. The van der Waals surface area contributed by atoms with Crippen molar-refractivity contribution in [2.45, 2.75) is 57.3 Å². The van der Waals surface area contributed by atoms with Crippen LogP contribution in [0.3, 0.4) is 0 Å². The van der Waals surface area contributed by atoms with Gasteiger partial charge in [-0.25, -0.2) is 4.79 Å². The number of esters is 1. The Morgan fingerprint density at radius 2 is 1.84 bits per heavy atom. The van der Waals surface area contributed by atoms with E-state index in [1.54, 1.807) is 6.07 Å². The van der Waals surface area contributed by atoms with Gasteiger partial charge < -0.3 is 4.74 Å². The fourth-order valence-corrected chi connectivity index (χ4v) is 2.16. The van der Waals surface area contributed by atoms with Gasteiger partial charge in [-0.3, -0.25) is 0 Å². The van der Waals surface area contributed by atoms with E-state index in [2.05, 4.69) is 19.6 Å². The van der Waals surface area contributed by atoms with Gasteiger partial charge in [0.2, 0.25) is 0 Å². The topological polar surface area (TPSA) is 26.3 Å². The highest BCUT2D eigenvalue weighted by Gasteiger charge is 2.10. The molecule has 1 aromatic carbocycles. The number of carbonyl (C=O) groups is 1. The Morgan fingerprint density at radius 3 is 2.58 bits per heavy atom. The van der Waals surface area contributed by atoms with E-state index >= 15 is 0 Å². The minimum atomic E-state index is -0.234. The molecule has 0 amide bonds. The normalized spacial score (nSPS) is 10.5. The molecule has 0 saturated heterocycles. The zero-order valence-corrected chi connectivity index (χ0v) is 12.8. The third kappa shape index (κ3) is 6.15. The maximum absolute atomic E-state index is 11.9. The fourth-order valence-electron chi connectivity index (χ4n) is 1.95. The molecule has 1 aromatic rings. The molecule has 19 heavy (non-hydrogen) atoms. The molecule has 0 N–H and O–H groups in total. The number of hydrogen-bond donors (Lipinski definition) is 1. The van der Waals surface area contributed by atoms with Crippen LogP contribution in [0.15, 0.2) is 23.1 Å². The standard InChI is InChI=1S/C16H24O2S/c1-3-4-5-6-7-8-11-18-16(17)15-12-14(19)10-9-13(15)2/h9-10,12,19H,3-8,11H2,1-2H3. The molecule has 0 aliphatic rings. The average molecular weight is 280 g/mol. The number of thiol groups is 1. The second-order valence-corrected chi connectivity index (χ2v) is 5.42. The molecule has 0 atom stereocenters. The van der Waals surface area contributed by atoms with Crippen LogP contribution in [-0.4, -0.2) is 12.6 Å². The van der Waals surface area contributed by atoms with Crippen LogP contribution in [0.5, 0.6) is 0 Å². The first-order valence-corrected chi connectivity index (χ1v) is 7.56. The molecule has 0 aliphatic carbocycles. The lowest BCUT2D eigenvalue weighted by atomic mass is 10.1. The van der Waals surface area contributed by atoms with Crippen molar-refractivity contribution in [3.05, 3.63) is 29.3 Å². The summed E-state index contributed by atoms with van der Waals surface area (Å²) in [5, 5.41) is 0. The highest BCUT2D eigenvalue weighted by atomic mass is 32.1. The molecular formula is C16H24O2S. The molecule has 1 rings (SSSR count). The predicted molar refractivity (Wildman–Crippen MR) is 82.1 cm³/mol. The summed E-state index contributed by atoms with van der Waals surface area (Å²) < 4.78 is 5.30. The third-order valence-corrected chi connectivity index (χ3v) is 3.45. The van der Waals surface area contributed by atoms with Gasteiger partial charge in [0.15, 0.2) is 0 Å². The van der Waals surface area contributed by atoms with E-state index in [4.69, 9.17) is 4.74 Å². The molecule has 0 heterocycles. The minimum Gasteiger partial charge on any atom is -0.462 e. The Kier molecular flexibility index (Phi) is 7.65. The van der Waals surface area contributed by atoms with Gasteiger partial charge in [-0.1, -0.05) is 45.1 Å². The molecule has 0 aromatic heterocycles. The Hall–Kier alpha value is -0.960. The van der Waals surface area contributed by atoms with Crippen molar-refractivity contribution in [3.63, 3.8) is 0 Å².